The summed E-state index contributed by atoms with van der Waals surface area (Å²) in [5.74, 6) is -0.389. The van der Waals surface area contributed by atoms with Crippen LogP contribution in [0.15, 0.2) is 12.4 Å². The monoisotopic (exact) mass is 178 g/mol. The molecule has 0 aliphatic rings. The second-order valence-corrected chi connectivity index (χ2v) is 3.10. The molecule has 3 nitrogen and oxygen atoms in total. The van der Waals surface area contributed by atoms with Gasteiger partial charge in [-0.05, 0) is 24.5 Å². The van der Waals surface area contributed by atoms with Crippen LogP contribution in [0.2, 0.25) is 0 Å². The first-order valence-electron chi connectivity index (χ1n) is 4.40. The number of hydrogen-bond acceptors (Lipinski definition) is 2. The molecule has 0 atom stereocenters. The molecule has 2 N–H and O–H groups in total. The summed E-state index contributed by atoms with van der Waals surface area (Å²) in [6, 6.07) is 0. The molecular formula is C10H14N2O. The highest BCUT2D eigenvalue weighted by Crippen LogP contribution is 2.13. The van der Waals surface area contributed by atoms with Crippen molar-refractivity contribution >= 4 is 5.91 Å². The highest BCUT2D eigenvalue weighted by atomic mass is 16.1. The molecule has 70 valence electrons. The first kappa shape index (κ1) is 9.71. The van der Waals surface area contributed by atoms with Gasteiger partial charge >= 0.3 is 0 Å². The van der Waals surface area contributed by atoms with Crippen LogP contribution < -0.4 is 5.73 Å². The van der Waals surface area contributed by atoms with Crippen molar-refractivity contribution in [2.24, 2.45) is 5.73 Å². The summed E-state index contributed by atoms with van der Waals surface area (Å²) in [6.45, 7) is 4.02. The smallest absolute Gasteiger partial charge is 0.250 e. The van der Waals surface area contributed by atoms with Crippen LogP contribution in [0.4, 0.5) is 0 Å². The van der Waals surface area contributed by atoms with Crippen LogP contribution in [0, 0.1) is 6.92 Å². The minimum atomic E-state index is -0.389. The fraction of sp³-hybridized carbons (Fsp3) is 0.400. The van der Waals surface area contributed by atoms with Gasteiger partial charge in [-0.1, -0.05) is 13.3 Å². The second kappa shape index (κ2) is 4.03. The SMILES string of the molecule is CCCc1c(C)cncc1C(N)=O. The molecule has 0 saturated heterocycles. The number of amides is 1. The lowest BCUT2D eigenvalue weighted by molar-refractivity contribution is 0.0999. The molecule has 0 aromatic carbocycles. The summed E-state index contributed by atoms with van der Waals surface area (Å²) < 4.78 is 0. The Labute approximate surface area is 78.0 Å². The summed E-state index contributed by atoms with van der Waals surface area (Å²) in [5.41, 5.74) is 7.86. The molecule has 0 fully saturated rings. The van der Waals surface area contributed by atoms with Crippen molar-refractivity contribution in [3.63, 3.8) is 0 Å². The zero-order valence-corrected chi connectivity index (χ0v) is 8.00. The number of aryl methyl sites for hydroxylation is 1. The van der Waals surface area contributed by atoms with Gasteiger partial charge < -0.3 is 5.73 Å². The van der Waals surface area contributed by atoms with Gasteiger partial charge in [0.2, 0.25) is 0 Å². The summed E-state index contributed by atoms with van der Waals surface area (Å²) in [4.78, 5) is 15.0. The minimum Gasteiger partial charge on any atom is -0.366 e. The zero-order chi connectivity index (χ0) is 9.84. The van der Waals surface area contributed by atoms with Gasteiger partial charge in [0, 0.05) is 12.4 Å². The van der Waals surface area contributed by atoms with Gasteiger partial charge in [-0.3, -0.25) is 9.78 Å². The van der Waals surface area contributed by atoms with Gasteiger partial charge in [0.1, 0.15) is 0 Å². The quantitative estimate of drug-likeness (QED) is 0.761. The predicted molar refractivity (Wildman–Crippen MR) is 51.5 cm³/mol. The Morgan fingerprint density at radius 3 is 2.77 bits per heavy atom. The molecule has 0 saturated carbocycles. The summed E-state index contributed by atoms with van der Waals surface area (Å²) in [5, 5.41) is 0. The Morgan fingerprint density at radius 2 is 2.23 bits per heavy atom. The zero-order valence-electron chi connectivity index (χ0n) is 8.00. The van der Waals surface area contributed by atoms with Crippen LogP contribution in [-0.2, 0) is 6.42 Å². The average molecular weight is 178 g/mol. The van der Waals surface area contributed by atoms with Crippen molar-refractivity contribution in [1.29, 1.82) is 0 Å². The molecule has 0 aliphatic heterocycles. The Balaban J connectivity index is 3.17. The van der Waals surface area contributed by atoms with Crippen molar-refractivity contribution in [1.82, 2.24) is 4.98 Å². The molecule has 13 heavy (non-hydrogen) atoms. The van der Waals surface area contributed by atoms with E-state index in [9.17, 15) is 4.79 Å². The van der Waals surface area contributed by atoms with E-state index < -0.39 is 0 Å². The number of aromatic nitrogens is 1. The number of primary amides is 1. The maximum Gasteiger partial charge on any atom is 0.250 e. The number of rotatable bonds is 3. The molecule has 1 amide bonds. The topological polar surface area (TPSA) is 56.0 Å². The van der Waals surface area contributed by atoms with E-state index in [4.69, 9.17) is 5.73 Å². The van der Waals surface area contributed by atoms with Gasteiger partial charge in [-0.2, -0.15) is 0 Å². The van der Waals surface area contributed by atoms with Crippen LogP contribution in [0.3, 0.4) is 0 Å². The molecule has 0 unspecified atom stereocenters. The van der Waals surface area contributed by atoms with E-state index in [2.05, 4.69) is 11.9 Å². The number of hydrogen-bond donors (Lipinski definition) is 1. The maximum atomic E-state index is 11.0. The van der Waals surface area contributed by atoms with Gasteiger partial charge in [-0.25, -0.2) is 0 Å². The van der Waals surface area contributed by atoms with Crippen molar-refractivity contribution in [2.45, 2.75) is 26.7 Å². The lowest BCUT2D eigenvalue weighted by Crippen LogP contribution is -2.15. The highest BCUT2D eigenvalue weighted by molar-refractivity contribution is 5.94. The number of carbonyl (C=O) groups excluding carboxylic acids is 1. The second-order valence-electron chi connectivity index (χ2n) is 3.10. The Hall–Kier alpha value is -1.38. The van der Waals surface area contributed by atoms with Crippen LogP contribution in [0.25, 0.3) is 0 Å². The highest BCUT2D eigenvalue weighted by Gasteiger charge is 2.09. The number of carbonyl (C=O) groups is 1. The Kier molecular flexibility index (Phi) is 3.01. The summed E-state index contributed by atoms with van der Waals surface area (Å²) in [6.07, 6.45) is 5.19. The Morgan fingerprint density at radius 1 is 1.54 bits per heavy atom. The van der Waals surface area contributed by atoms with Crippen LogP contribution in [0.1, 0.15) is 34.8 Å². The molecule has 1 aromatic heterocycles. The van der Waals surface area contributed by atoms with E-state index in [0.717, 1.165) is 24.0 Å². The third kappa shape index (κ3) is 2.05. The molecule has 0 spiro atoms. The molecule has 0 aliphatic carbocycles. The van der Waals surface area contributed by atoms with E-state index in [-0.39, 0.29) is 5.91 Å². The van der Waals surface area contributed by atoms with E-state index in [0.29, 0.717) is 5.56 Å². The van der Waals surface area contributed by atoms with Crippen LogP contribution in [0.5, 0.6) is 0 Å². The van der Waals surface area contributed by atoms with Gasteiger partial charge in [0.15, 0.2) is 0 Å². The van der Waals surface area contributed by atoms with E-state index in [1.807, 2.05) is 6.92 Å². The van der Waals surface area contributed by atoms with E-state index in [1.54, 1.807) is 12.4 Å². The van der Waals surface area contributed by atoms with Crippen LogP contribution >= 0.6 is 0 Å². The first-order chi connectivity index (χ1) is 6.16. The first-order valence-corrected chi connectivity index (χ1v) is 4.40. The molecule has 0 radical (unpaired) electrons. The molecule has 0 bridgehead atoms. The maximum absolute atomic E-state index is 11.0. The lowest BCUT2D eigenvalue weighted by atomic mass is 10.0. The fourth-order valence-corrected chi connectivity index (χ4v) is 1.39. The van der Waals surface area contributed by atoms with Crippen molar-refractivity contribution in [3.8, 4) is 0 Å². The van der Waals surface area contributed by atoms with Crippen molar-refractivity contribution in [2.75, 3.05) is 0 Å². The third-order valence-corrected chi connectivity index (χ3v) is 2.04. The van der Waals surface area contributed by atoms with Crippen molar-refractivity contribution < 1.29 is 4.79 Å². The van der Waals surface area contributed by atoms with E-state index >= 15 is 0 Å². The fourth-order valence-electron chi connectivity index (χ4n) is 1.39. The molecule has 1 rings (SSSR count). The lowest BCUT2D eigenvalue weighted by Gasteiger charge is -2.07. The number of pyridine rings is 1. The number of nitrogens with zero attached hydrogens (tertiary/aromatic N) is 1. The Bertz CT molecular complexity index is 321. The summed E-state index contributed by atoms with van der Waals surface area (Å²) >= 11 is 0. The van der Waals surface area contributed by atoms with Crippen LogP contribution in [-0.4, -0.2) is 10.9 Å². The third-order valence-electron chi connectivity index (χ3n) is 2.04. The van der Waals surface area contributed by atoms with Crippen molar-refractivity contribution in [3.05, 3.63) is 29.1 Å². The molecule has 3 heteroatoms. The standard InChI is InChI=1S/C10H14N2O/c1-3-4-8-7(2)5-12-6-9(8)10(11)13/h5-6H,3-4H2,1-2H3,(H2,11,13). The van der Waals surface area contributed by atoms with Gasteiger partial charge in [-0.15, -0.1) is 0 Å². The molecule has 1 heterocycles. The van der Waals surface area contributed by atoms with Gasteiger partial charge in [0.25, 0.3) is 5.91 Å². The normalized spacial score (nSPS) is 10.0. The summed E-state index contributed by atoms with van der Waals surface area (Å²) in [7, 11) is 0. The molecule has 1 aromatic rings. The molecular weight excluding hydrogens is 164 g/mol. The number of nitrogens with two attached hydrogens (primary N) is 1. The van der Waals surface area contributed by atoms with Gasteiger partial charge in [0.05, 0.1) is 5.56 Å². The van der Waals surface area contributed by atoms with E-state index in [1.165, 1.54) is 0 Å². The largest absolute Gasteiger partial charge is 0.366 e. The predicted octanol–water partition coefficient (Wildman–Crippen LogP) is 1.44. The minimum absolute atomic E-state index is 0.389. The average Bonchev–Trinajstić information content (AvgIpc) is 2.08.